The van der Waals surface area contributed by atoms with E-state index in [9.17, 15) is 18.0 Å². The predicted molar refractivity (Wildman–Crippen MR) is 103 cm³/mol. The van der Waals surface area contributed by atoms with Gasteiger partial charge >= 0.3 is 5.97 Å². The number of aliphatic carboxylic acids is 1. The third-order valence-corrected chi connectivity index (χ3v) is 6.91. The maximum atomic E-state index is 12.1. The van der Waals surface area contributed by atoms with E-state index < -0.39 is 33.0 Å². The van der Waals surface area contributed by atoms with Crippen LogP contribution >= 0.6 is 0 Å². The van der Waals surface area contributed by atoms with E-state index in [1.807, 2.05) is 27.7 Å². The first-order valence-electron chi connectivity index (χ1n) is 8.46. The van der Waals surface area contributed by atoms with E-state index >= 15 is 0 Å². The largest absolute Gasteiger partial charge is 0.481 e. The molecule has 7 nitrogen and oxygen atoms in total. The summed E-state index contributed by atoms with van der Waals surface area (Å²) >= 11 is 0. The van der Waals surface area contributed by atoms with Gasteiger partial charge in [-0.1, -0.05) is 27.7 Å². The summed E-state index contributed by atoms with van der Waals surface area (Å²) in [5, 5.41) is 19.3. The number of hydrogen-bond donors (Lipinski definition) is 2. The Hall–Kier alpha value is -1.27. The Morgan fingerprint density at radius 3 is 1.73 bits per heavy atom. The minimum absolute atomic E-state index is 0.0323. The van der Waals surface area contributed by atoms with Crippen LogP contribution in [-0.4, -0.2) is 48.4 Å². The van der Waals surface area contributed by atoms with Crippen molar-refractivity contribution in [3.05, 3.63) is 0 Å². The van der Waals surface area contributed by atoms with Crippen LogP contribution in [0.25, 0.3) is 0 Å². The summed E-state index contributed by atoms with van der Waals surface area (Å²) in [6.45, 7) is 7.43. The molecule has 0 fully saturated rings. The Kier molecular flexibility index (Phi) is 10.9. The van der Waals surface area contributed by atoms with E-state index in [4.69, 9.17) is 10.4 Å². The van der Waals surface area contributed by atoms with Crippen molar-refractivity contribution in [1.29, 1.82) is 5.26 Å². The van der Waals surface area contributed by atoms with E-state index in [1.165, 1.54) is 0 Å². The second kappa shape index (κ2) is 11.4. The van der Waals surface area contributed by atoms with Crippen molar-refractivity contribution < 1.29 is 23.1 Å². The monoisotopic (exact) mass is 406 g/mol. The molecule has 0 saturated carbocycles. The molecule has 0 aliphatic rings. The van der Waals surface area contributed by atoms with Crippen molar-refractivity contribution >= 4 is 33.5 Å². The first kappa shape index (κ1) is 24.7. The van der Waals surface area contributed by atoms with Crippen molar-refractivity contribution in [3.63, 3.8) is 0 Å². The Morgan fingerprint density at radius 2 is 1.35 bits per heavy atom. The Balaban J connectivity index is 4.15. The van der Waals surface area contributed by atoms with Crippen molar-refractivity contribution in [2.75, 3.05) is 23.0 Å². The molecule has 0 aromatic rings. The molecule has 0 rings (SSSR count). The van der Waals surface area contributed by atoms with Crippen molar-refractivity contribution in [3.8, 4) is 6.19 Å². The summed E-state index contributed by atoms with van der Waals surface area (Å²) in [7, 11) is -2.25. The number of rotatable bonds is 13. The van der Waals surface area contributed by atoms with E-state index in [1.54, 1.807) is 6.19 Å². The fraction of sp³-hybridized carbons (Fsp3) is 0.824. The normalized spacial score (nSPS) is 14.3. The molecular weight excluding hydrogens is 376 g/mol. The highest BCUT2D eigenvalue weighted by Crippen LogP contribution is 2.26. The fourth-order valence-electron chi connectivity index (χ4n) is 2.30. The zero-order chi connectivity index (χ0) is 20.4. The lowest BCUT2D eigenvalue weighted by atomic mass is 9.86. The third kappa shape index (κ3) is 13.0. The minimum Gasteiger partial charge on any atom is -0.481 e. The number of carboxylic acids is 1. The van der Waals surface area contributed by atoms with Crippen LogP contribution in [0.2, 0.25) is 0 Å². The lowest BCUT2D eigenvalue weighted by Crippen LogP contribution is -2.27. The molecule has 0 radical (unpaired) electrons. The van der Waals surface area contributed by atoms with Crippen molar-refractivity contribution in [2.24, 2.45) is 10.8 Å². The van der Waals surface area contributed by atoms with Crippen LogP contribution in [0.5, 0.6) is 0 Å². The van der Waals surface area contributed by atoms with Gasteiger partial charge in [0, 0.05) is 51.0 Å². The summed E-state index contributed by atoms with van der Waals surface area (Å²) in [4.78, 5) is 22.2. The zero-order valence-corrected chi connectivity index (χ0v) is 17.6. The van der Waals surface area contributed by atoms with Crippen LogP contribution in [-0.2, 0) is 31.2 Å². The number of carboxylic acid groups (broad SMARTS) is 1. The number of hydrogen-bond acceptors (Lipinski definition) is 5. The molecule has 0 saturated heterocycles. The van der Waals surface area contributed by atoms with E-state index in [2.05, 4.69) is 5.32 Å². The number of nitrogens with zero attached hydrogens (tertiary/aromatic N) is 1. The van der Waals surface area contributed by atoms with Gasteiger partial charge in [-0.05, 0) is 23.7 Å². The predicted octanol–water partition coefficient (Wildman–Crippen LogP) is 1.78. The summed E-state index contributed by atoms with van der Waals surface area (Å²) < 4.78 is 24.1. The highest BCUT2D eigenvalue weighted by atomic mass is 32.2. The third-order valence-electron chi connectivity index (χ3n) is 4.02. The number of amides is 1. The van der Waals surface area contributed by atoms with Crippen molar-refractivity contribution in [2.45, 2.75) is 53.4 Å². The molecule has 0 spiro atoms. The van der Waals surface area contributed by atoms with Crippen LogP contribution in [0.3, 0.4) is 0 Å². The highest BCUT2D eigenvalue weighted by Gasteiger charge is 2.24. The first-order valence-corrected chi connectivity index (χ1v) is 11.4. The molecule has 2 atom stereocenters. The quantitative estimate of drug-likeness (QED) is 0.355. The number of nitriles is 1. The van der Waals surface area contributed by atoms with Crippen LogP contribution in [0.15, 0.2) is 0 Å². The Bertz CT molecular complexity index is 582. The first-order chi connectivity index (χ1) is 11.9. The molecule has 0 heterocycles. The average Bonchev–Trinajstić information content (AvgIpc) is 2.47. The molecule has 150 valence electrons. The van der Waals surface area contributed by atoms with E-state index in [-0.39, 0.29) is 24.2 Å². The van der Waals surface area contributed by atoms with Gasteiger partial charge in [0.05, 0.1) is 6.42 Å². The zero-order valence-electron chi connectivity index (χ0n) is 16.0. The molecule has 2 unspecified atom stereocenters. The summed E-state index contributed by atoms with van der Waals surface area (Å²) in [5.41, 5.74) is -0.773. The van der Waals surface area contributed by atoms with Crippen LogP contribution in [0, 0.1) is 22.3 Å². The molecule has 0 aliphatic heterocycles. The standard InChI is InChI=1S/C17H30N2O5S2/c1-16(2,11-14(20)19-13-18)5-7-25(23)9-10-26(24)8-6-17(3,4)12-15(21)22/h5-12H2,1-4H3,(H,19,20)(H,21,22). The average molecular weight is 407 g/mol. The SMILES string of the molecule is CC(C)(CCS(=O)CCS(=O)CCC(C)(C)CC(=O)NC#N)CC(=O)O. The van der Waals surface area contributed by atoms with Crippen LogP contribution in [0.1, 0.15) is 53.4 Å². The van der Waals surface area contributed by atoms with Gasteiger partial charge in [0.1, 0.15) is 0 Å². The lowest BCUT2D eigenvalue weighted by Gasteiger charge is -2.23. The van der Waals surface area contributed by atoms with E-state index in [0.29, 0.717) is 35.9 Å². The van der Waals surface area contributed by atoms with Gasteiger partial charge in [-0.25, -0.2) is 0 Å². The molecule has 9 heteroatoms. The number of carbonyl (C=O) groups is 2. The second-order valence-corrected chi connectivity index (χ2v) is 11.3. The van der Waals surface area contributed by atoms with Gasteiger partial charge in [-0.15, -0.1) is 0 Å². The number of nitrogens with one attached hydrogen (secondary N) is 1. The summed E-state index contributed by atoms with van der Waals surface area (Å²) in [6, 6.07) is 0. The molecular formula is C17H30N2O5S2. The van der Waals surface area contributed by atoms with Crippen molar-refractivity contribution in [1.82, 2.24) is 5.32 Å². The molecule has 26 heavy (non-hydrogen) atoms. The lowest BCUT2D eigenvalue weighted by molar-refractivity contribution is -0.139. The minimum atomic E-state index is -1.12. The second-order valence-electron chi connectivity index (χ2n) is 7.93. The molecule has 1 amide bonds. The highest BCUT2D eigenvalue weighted by molar-refractivity contribution is 7.88. The van der Waals surface area contributed by atoms with Gasteiger partial charge < -0.3 is 5.11 Å². The number of carbonyl (C=O) groups excluding carboxylic acids is 1. The molecule has 0 aromatic carbocycles. The topological polar surface area (TPSA) is 124 Å². The molecule has 0 aliphatic carbocycles. The smallest absolute Gasteiger partial charge is 0.303 e. The maximum absolute atomic E-state index is 12.1. The fourth-order valence-corrected chi connectivity index (χ4v) is 5.75. The van der Waals surface area contributed by atoms with Gasteiger partial charge in [-0.2, -0.15) is 5.26 Å². The summed E-state index contributed by atoms with van der Waals surface area (Å²) in [5.74, 6) is 0.241. The van der Waals surface area contributed by atoms with Gasteiger partial charge in [0.25, 0.3) is 0 Å². The summed E-state index contributed by atoms with van der Waals surface area (Å²) in [6.07, 6.45) is 2.92. The van der Waals surface area contributed by atoms with Gasteiger partial charge in [0.2, 0.25) is 5.91 Å². The van der Waals surface area contributed by atoms with Gasteiger partial charge in [-0.3, -0.25) is 23.3 Å². The maximum Gasteiger partial charge on any atom is 0.303 e. The van der Waals surface area contributed by atoms with Crippen LogP contribution in [0.4, 0.5) is 0 Å². The Labute approximate surface area is 160 Å². The molecule has 0 aromatic heterocycles. The van der Waals surface area contributed by atoms with E-state index in [0.717, 1.165) is 0 Å². The Morgan fingerprint density at radius 1 is 0.923 bits per heavy atom. The molecule has 0 bridgehead atoms. The molecule has 2 N–H and O–H groups in total. The van der Waals surface area contributed by atoms with Crippen LogP contribution < -0.4 is 5.32 Å². The van der Waals surface area contributed by atoms with Gasteiger partial charge in [0.15, 0.2) is 6.19 Å².